The Hall–Kier alpha value is -3.61. The molecule has 0 saturated carbocycles. The molecule has 144 valence electrons. The Balaban J connectivity index is 1.52. The van der Waals surface area contributed by atoms with Crippen LogP contribution in [0.25, 0.3) is 0 Å². The summed E-state index contributed by atoms with van der Waals surface area (Å²) in [4.78, 5) is 30.3. The highest BCUT2D eigenvalue weighted by Crippen LogP contribution is 2.17. The van der Waals surface area contributed by atoms with Crippen molar-refractivity contribution in [2.75, 3.05) is 23.8 Å². The molecule has 0 saturated heterocycles. The fraction of sp³-hybridized carbons (Fsp3) is 0.190. The number of nitrogens with one attached hydrogen (secondary N) is 2. The zero-order chi connectivity index (χ0) is 19.8. The zero-order valence-corrected chi connectivity index (χ0v) is 15.7. The van der Waals surface area contributed by atoms with Crippen molar-refractivity contribution in [3.05, 3.63) is 78.9 Å². The summed E-state index contributed by atoms with van der Waals surface area (Å²) in [6.45, 7) is 1.33. The molecular formula is C21H23N5O2. The maximum absolute atomic E-state index is 12.7. The van der Waals surface area contributed by atoms with E-state index < -0.39 is 0 Å². The largest absolute Gasteiger partial charge is 0.338 e. The van der Waals surface area contributed by atoms with Crippen molar-refractivity contribution in [3.63, 3.8) is 0 Å². The summed E-state index contributed by atoms with van der Waals surface area (Å²) in [6, 6.07) is 16.0. The van der Waals surface area contributed by atoms with Crippen LogP contribution in [0.2, 0.25) is 0 Å². The Kier molecular flexibility index (Phi) is 6.41. The van der Waals surface area contributed by atoms with Gasteiger partial charge < -0.3 is 20.1 Å². The fourth-order valence-electron chi connectivity index (χ4n) is 2.75. The normalized spacial score (nSPS) is 10.3. The number of aryl methyl sites for hydroxylation is 1. The maximum Gasteiger partial charge on any atom is 0.319 e. The number of rotatable bonds is 7. The van der Waals surface area contributed by atoms with Crippen LogP contribution >= 0.6 is 0 Å². The zero-order valence-electron chi connectivity index (χ0n) is 15.7. The number of hydrogen-bond donors (Lipinski definition) is 2. The molecule has 0 aliphatic carbocycles. The molecule has 0 aliphatic rings. The third kappa shape index (κ3) is 5.20. The average Bonchev–Trinajstić information content (AvgIpc) is 3.24. The van der Waals surface area contributed by atoms with Gasteiger partial charge in [0.25, 0.3) is 5.91 Å². The maximum atomic E-state index is 12.7. The number of imidazole rings is 1. The fourth-order valence-corrected chi connectivity index (χ4v) is 2.75. The number of anilines is 2. The lowest BCUT2D eigenvalue weighted by molar-refractivity contribution is 0.0993. The van der Waals surface area contributed by atoms with E-state index in [1.54, 1.807) is 48.7 Å². The molecule has 0 spiro atoms. The van der Waals surface area contributed by atoms with E-state index in [0.29, 0.717) is 17.8 Å². The second-order valence-electron chi connectivity index (χ2n) is 6.32. The second kappa shape index (κ2) is 9.36. The van der Waals surface area contributed by atoms with Gasteiger partial charge >= 0.3 is 6.03 Å². The Morgan fingerprint density at radius 1 is 1.11 bits per heavy atom. The van der Waals surface area contributed by atoms with Gasteiger partial charge in [0.05, 0.1) is 6.33 Å². The lowest BCUT2D eigenvalue weighted by Gasteiger charge is -2.17. The number of carbonyl (C=O) groups excluding carboxylic acids is 2. The summed E-state index contributed by atoms with van der Waals surface area (Å²) in [5.41, 5.74) is 1.88. The first-order valence-corrected chi connectivity index (χ1v) is 9.07. The average molecular weight is 377 g/mol. The van der Waals surface area contributed by atoms with Gasteiger partial charge in [0, 0.05) is 49.5 Å². The molecule has 28 heavy (non-hydrogen) atoms. The molecule has 2 aromatic carbocycles. The van der Waals surface area contributed by atoms with E-state index in [9.17, 15) is 9.59 Å². The van der Waals surface area contributed by atoms with E-state index >= 15 is 0 Å². The molecule has 3 amide bonds. The smallest absolute Gasteiger partial charge is 0.319 e. The van der Waals surface area contributed by atoms with Crippen molar-refractivity contribution >= 4 is 23.3 Å². The third-order valence-electron chi connectivity index (χ3n) is 4.25. The Morgan fingerprint density at radius 2 is 1.93 bits per heavy atom. The van der Waals surface area contributed by atoms with E-state index in [1.807, 2.05) is 41.1 Å². The first kappa shape index (κ1) is 19.2. The summed E-state index contributed by atoms with van der Waals surface area (Å²) in [5.74, 6) is -0.143. The number of amides is 3. The molecule has 1 heterocycles. The number of urea groups is 1. The molecule has 0 radical (unpaired) electrons. The van der Waals surface area contributed by atoms with Crippen LogP contribution in [0.3, 0.4) is 0 Å². The van der Waals surface area contributed by atoms with Crippen LogP contribution in [0, 0.1) is 0 Å². The minimum absolute atomic E-state index is 0.143. The number of nitrogens with zero attached hydrogens (tertiary/aromatic N) is 3. The van der Waals surface area contributed by atoms with Crippen molar-refractivity contribution < 1.29 is 9.59 Å². The highest BCUT2D eigenvalue weighted by Gasteiger charge is 2.14. The Labute approximate surface area is 164 Å². The number of benzene rings is 2. The van der Waals surface area contributed by atoms with Gasteiger partial charge in [0.1, 0.15) is 0 Å². The van der Waals surface area contributed by atoms with Crippen molar-refractivity contribution in [2.24, 2.45) is 0 Å². The molecule has 2 N–H and O–H groups in total. The van der Waals surface area contributed by atoms with E-state index in [0.717, 1.165) is 18.7 Å². The first-order chi connectivity index (χ1) is 13.6. The van der Waals surface area contributed by atoms with Crippen molar-refractivity contribution in [2.45, 2.75) is 13.0 Å². The summed E-state index contributed by atoms with van der Waals surface area (Å²) in [5, 5.41) is 5.58. The van der Waals surface area contributed by atoms with Gasteiger partial charge in [-0.25, -0.2) is 9.78 Å². The Bertz CT molecular complexity index is 910. The monoisotopic (exact) mass is 377 g/mol. The predicted octanol–water partition coefficient (Wildman–Crippen LogP) is 3.37. The first-order valence-electron chi connectivity index (χ1n) is 9.07. The second-order valence-corrected chi connectivity index (χ2v) is 6.32. The minimum atomic E-state index is -0.299. The highest BCUT2D eigenvalue weighted by molar-refractivity contribution is 6.06. The van der Waals surface area contributed by atoms with E-state index in [2.05, 4.69) is 15.6 Å². The standard InChI is InChI=1S/C21H23N5O2/c1-25(19-9-3-2-4-10-19)20(27)17-7-5-8-18(15-17)24-21(28)23-11-6-13-26-14-12-22-16-26/h2-5,7-10,12,14-16H,6,11,13H2,1H3,(H2,23,24,28). The van der Waals surface area contributed by atoms with Crippen LogP contribution in [-0.4, -0.2) is 35.1 Å². The van der Waals surface area contributed by atoms with Crippen LogP contribution in [0.4, 0.5) is 16.2 Å². The van der Waals surface area contributed by atoms with E-state index in [-0.39, 0.29) is 11.9 Å². The summed E-state index contributed by atoms with van der Waals surface area (Å²) >= 11 is 0. The van der Waals surface area contributed by atoms with Gasteiger partial charge in [-0.05, 0) is 36.8 Å². The van der Waals surface area contributed by atoms with Gasteiger partial charge in [0.2, 0.25) is 0 Å². The summed E-state index contributed by atoms with van der Waals surface area (Å²) in [7, 11) is 1.73. The lowest BCUT2D eigenvalue weighted by Crippen LogP contribution is -2.30. The number of para-hydroxylation sites is 1. The molecule has 3 rings (SSSR count). The molecule has 0 fully saturated rings. The quantitative estimate of drug-likeness (QED) is 0.620. The lowest BCUT2D eigenvalue weighted by atomic mass is 10.1. The molecular weight excluding hydrogens is 354 g/mol. The Morgan fingerprint density at radius 3 is 2.68 bits per heavy atom. The molecule has 0 unspecified atom stereocenters. The van der Waals surface area contributed by atoms with Crippen molar-refractivity contribution in [1.82, 2.24) is 14.9 Å². The molecule has 0 aliphatic heterocycles. The number of hydrogen-bond acceptors (Lipinski definition) is 3. The predicted molar refractivity (Wildman–Crippen MR) is 109 cm³/mol. The SMILES string of the molecule is CN(C(=O)c1cccc(NC(=O)NCCCn2ccnc2)c1)c1ccccc1. The molecule has 1 aromatic heterocycles. The van der Waals surface area contributed by atoms with E-state index in [4.69, 9.17) is 0 Å². The topological polar surface area (TPSA) is 79.3 Å². The van der Waals surface area contributed by atoms with Crippen molar-refractivity contribution in [3.8, 4) is 0 Å². The summed E-state index contributed by atoms with van der Waals surface area (Å²) in [6.07, 6.45) is 6.15. The number of carbonyl (C=O) groups is 2. The van der Waals surface area contributed by atoms with Crippen LogP contribution < -0.4 is 15.5 Å². The van der Waals surface area contributed by atoms with Crippen LogP contribution in [-0.2, 0) is 6.54 Å². The van der Waals surface area contributed by atoms with Gasteiger partial charge in [-0.3, -0.25) is 4.79 Å². The van der Waals surface area contributed by atoms with Gasteiger partial charge in [-0.1, -0.05) is 24.3 Å². The number of aromatic nitrogens is 2. The molecule has 0 atom stereocenters. The van der Waals surface area contributed by atoms with Gasteiger partial charge in [-0.2, -0.15) is 0 Å². The van der Waals surface area contributed by atoms with Crippen LogP contribution in [0.1, 0.15) is 16.8 Å². The van der Waals surface area contributed by atoms with Gasteiger partial charge in [-0.15, -0.1) is 0 Å². The molecule has 3 aromatic rings. The third-order valence-corrected chi connectivity index (χ3v) is 4.25. The van der Waals surface area contributed by atoms with Crippen LogP contribution in [0.5, 0.6) is 0 Å². The minimum Gasteiger partial charge on any atom is -0.338 e. The molecule has 7 heteroatoms. The van der Waals surface area contributed by atoms with Crippen molar-refractivity contribution in [1.29, 1.82) is 0 Å². The van der Waals surface area contributed by atoms with Gasteiger partial charge in [0.15, 0.2) is 0 Å². The van der Waals surface area contributed by atoms with Crippen LogP contribution in [0.15, 0.2) is 73.3 Å². The molecule has 0 bridgehead atoms. The summed E-state index contributed by atoms with van der Waals surface area (Å²) < 4.78 is 1.96. The highest BCUT2D eigenvalue weighted by atomic mass is 16.2. The van der Waals surface area contributed by atoms with E-state index in [1.165, 1.54) is 0 Å². The molecule has 7 nitrogen and oxygen atoms in total.